The van der Waals surface area contributed by atoms with Crippen LogP contribution in [0.25, 0.3) is 21.6 Å². The molecule has 32 heavy (non-hydrogen) atoms. The number of urea groups is 1. The van der Waals surface area contributed by atoms with E-state index in [0.29, 0.717) is 42.7 Å². The number of thiophene rings is 1. The fourth-order valence-electron chi connectivity index (χ4n) is 3.76. The predicted octanol–water partition coefficient (Wildman–Crippen LogP) is 4.95. The highest BCUT2D eigenvalue weighted by atomic mass is 35.5. The standard InChI is InChI=1S/C23H21ClN6OS/c24-15-5-7-16(8-6-15)26-23(31)30-12-10-29(11-13-30)21-18-9-14-32-22(18)28-20(27-21)17-3-1-2-4-19(17)25/h1-9,14H,10-13,25H2,(H,26,31). The van der Waals surface area contributed by atoms with Gasteiger partial charge in [0.25, 0.3) is 0 Å². The molecule has 5 rings (SSSR count). The molecule has 2 aromatic carbocycles. The zero-order chi connectivity index (χ0) is 22.1. The summed E-state index contributed by atoms with van der Waals surface area (Å²) in [5, 5.41) is 6.61. The van der Waals surface area contributed by atoms with Crippen molar-refractivity contribution < 1.29 is 4.79 Å². The van der Waals surface area contributed by atoms with E-state index in [-0.39, 0.29) is 6.03 Å². The van der Waals surface area contributed by atoms with Crippen LogP contribution >= 0.6 is 22.9 Å². The summed E-state index contributed by atoms with van der Waals surface area (Å²) in [5.41, 5.74) is 8.37. The largest absolute Gasteiger partial charge is 0.398 e. The van der Waals surface area contributed by atoms with Crippen molar-refractivity contribution >= 4 is 56.4 Å². The Kier molecular flexibility index (Phi) is 5.55. The van der Waals surface area contributed by atoms with E-state index in [4.69, 9.17) is 27.3 Å². The van der Waals surface area contributed by atoms with E-state index in [1.54, 1.807) is 35.6 Å². The third-order valence-corrected chi connectivity index (χ3v) is 6.53. The molecule has 162 valence electrons. The van der Waals surface area contributed by atoms with Gasteiger partial charge in [-0.3, -0.25) is 0 Å². The van der Waals surface area contributed by atoms with Gasteiger partial charge in [-0.15, -0.1) is 11.3 Å². The number of para-hydroxylation sites is 1. The number of nitrogen functional groups attached to an aromatic ring is 1. The Morgan fingerprint density at radius 1 is 1.00 bits per heavy atom. The molecule has 9 heteroatoms. The van der Waals surface area contributed by atoms with Gasteiger partial charge in [-0.1, -0.05) is 23.7 Å². The Morgan fingerprint density at radius 2 is 1.75 bits per heavy atom. The number of anilines is 3. The number of halogens is 1. The van der Waals surface area contributed by atoms with E-state index in [1.807, 2.05) is 40.6 Å². The highest BCUT2D eigenvalue weighted by Gasteiger charge is 2.24. The number of piperazine rings is 1. The van der Waals surface area contributed by atoms with E-state index < -0.39 is 0 Å². The van der Waals surface area contributed by atoms with Gasteiger partial charge < -0.3 is 20.9 Å². The highest BCUT2D eigenvalue weighted by molar-refractivity contribution is 7.16. The van der Waals surface area contributed by atoms with Gasteiger partial charge in [0, 0.05) is 48.1 Å². The fraction of sp³-hybridized carbons (Fsp3) is 0.174. The third kappa shape index (κ3) is 4.06. The Balaban J connectivity index is 1.34. The van der Waals surface area contributed by atoms with Crippen molar-refractivity contribution in [2.24, 2.45) is 0 Å². The average Bonchev–Trinajstić information content (AvgIpc) is 3.29. The molecule has 3 N–H and O–H groups in total. The van der Waals surface area contributed by atoms with Gasteiger partial charge in [0.05, 0.1) is 5.39 Å². The minimum Gasteiger partial charge on any atom is -0.398 e. The summed E-state index contributed by atoms with van der Waals surface area (Å²) in [5.74, 6) is 1.50. The first-order valence-electron chi connectivity index (χ1n) is 10.2. The van der Waals surface area contributed by atoms with Crippen LogP contribution in [0.4, 0.5) is 22.0 Å². The van der Waals surface area contributed by atoms with Crippen LogP contribution in [0.15, 0.2) is 60.0 Å². The molecule has 7 nitrogen and oxygen atoms in total. The van der Waals surface area contributed by atoms with Gasteiger partial charge in [0.1, 0.15) is 10.6 Å². The number of aromatic nitrogens is 2. The first-order valence-corrected chi connectivity index (χ1v) is 11.5. The zero-order valence-corrected chi connectivity index (χ0v) is 18.7. The highest BCUT2D eigenvalue weighted by Crippen LogP contribution is 2.32. The number of rotatable bonds is 3. The second kappa shape index (κ2) is 8.64. The van der Waals surface area contributed by atoms with E-state index in [9.17, 15) is 4.79 Å². The van der Waals surface area contributed by atoms with Crippen LogP contribution in [0, 0.1) is 0 Å². The molecule has 0 atom stereocenters. The molecule has 4 aromatic rings. The Bertz CT molecular complexity index is 1270. The minimum atomic E-state index is -0.118. The average molecular weight is 465 g/mol. The summed E-state index contributed by atoms with van der Waals surface area (Å²) in [4.78, 5) is 27.2. The Hall–Kier alpha value is -3.36. The first-order chi connectivity index (χ1) is 15.6. The van der Waals surface area contributed by atoms with Crippen molar-refractivity contribution in [1.82, 2.24) is 14.9 Å². The number of hydrogen-bond acceptors (Lipinski definition) is 6. The van der Waals surface area contributed by atoms with E-state index in [1.165, 1.54) is 0 Å². The van der Waals surface area contributed by atoms with Crippen molar-refractivity contribution in [3.05, 3.63) is 65.0 Å². The third-order valence-electron chi connectivity index (χ3n) is 5.47. The number of nitrogens with one attached hydrogen (secondary N) is 1. The van der Waals surface area contributed by atoms with Gasteiger partial charge in [-0.05, 0) is 47.8 Å². The number of hydrogen-bond donors (Lipinski definition) is 2. The second-order valence-corrected chi connectivity index (χ2v) is 8.84. The molecule has 3 heterocycles. The Labute approximate surface area is 194 Å². The molecule has 0 aliphatic carbocycles. The Morgan fingerprint density at radius 3 is 2.50 bits per heavy atom. The van der Waals surface area contributed by atoms with Crippen LogP contribution in [0.3, 0.4) is 0 Å². The van der Waals surface area contributed by atoms with E-state index in [0.717, 1.165) is 27.3 Å². The molecule has 1 aliphatic heterocycles. The van der Waals surface area contributed by atoms with Gasteiger partial charge in [-0.25, -0.2) is 14.8 Å². The number of benzene rings is 2. The van der Waals surface area contributed by atoms with Crippen molar-refractivity contribution in [2.75, 3.05) is 42.1 Å². The fourth-order valence-corrected chi connectivity index (χ4v) is 4.64. The molecular weight excluding hydrogens is 444 g/mol. The summed E-state index contributed by atoms with van der Waals surface area (Å²) in [6.07, 6.45) is 0. The van der Waals surface area contributed by atoms with E-state index in [2.05, 4.69) is 10.2 Å². The molecule has 2 aromatic heterocycles. The maximum absolute atomic E-state index is 12.7. The van der Waals surface area contributed by atoms with Crippen LogP contribution < -0.4 is 16.0 Å². The lowest BCUT2D eigenvalue weighted by Crippen LogP contribution is -2.50. The van der Waals surface area contributed by atoms with Gasteiger partial charge in [0.2, 0.25) is 0 Å². The van der Waals surface area contributed by atoms with Crippen LogP contribution in [0.2, 0.25) is 5.02 Å². The molecule has 2 amide bonds. The number of carbonyl (C=O) groups is 1. The van der Waals surface area contributed by atoms with Crippen molar-refractivity contribution in [1.29, 1.82) is 0 Å². The number of amides is 2. The summed E-state index contributed by atoms with van der Waals surface area (Å²) >= 11 is 7.50. The van der Waals surface area contributed by atoms with Crippen LogP contribution in [0.5, 0.6) is 0 Å². The molecule has 0 spiro atoms. The molecule has 0 unspecified atom stereocenters. The monoisotopic (exact) mass is 464 g/mol. The summed E-state index contributed by atoms with van der Waals surface area (Å²) in [6.45, 7) is 2.55. The number of nitrogens with zero attached hydrogens (tertiary/aromatic N) is 4. The van der Waals surface area contributed by atoms with E-state index >= 15 is 0 Å². The van der Waals surface area contributed by atoms with Crippen molar-refractivity contribution in [3.63, 3.8) is 0 Å². The number of carbonyl (C=O) groups excluding carboxylic acids is 1. The van der Waals surface area contributed by atoms with Gasteiger partial charge in [-0.2, -0.15) is 0 Å². The lowest BCUT2D eigenvalue weighted by atomic mass is 10.1. The number of nitrogens with two attached hydrogens (primary N) is 1. The minimum absolute atomic E-state index is 0.118. The van der Waals surface area contributed by atoms with Crippen molar-refractivity contribution in [2.45, 2.75) is 0 Å². The predicted molar refractivity (Wildman–Crippen MR) is 132 cm³/mol. The quantitative estimate of drug-likeness (QED) is 0.419. The van der Waals surface area contributed by atoms with Gasteiger partial charge in [0.15, 0.2) is 5.82 Å². The van der Waals surface area contributed by atoms with Crippen LogP contribution in [0.1, 0.15) is 0 Å². The summed E-state index contributed by atoms with van der Waals surface area (Å²) < 4.78 is 0. The SMILES string of the molecule is Nc1ccccc1-c1nc(N2CCN(C(=O)Nc3ccc(Cl)cc3)CC2)c2ccsc2n1. The molecule has 0 bridgehead atoms. The van der Waals surface area contributed by atoms with Gasteiger partial charge >= 0.3 is 6.03 Å². The lowest BCUT2D eigenvalue weighted by molar-refractivity contribution is 0.208. The molecule has 0 saturated carbocycles. The maximum Gasteiger partial charge on any atom is 0.321 e. The lowest BCUT2D eigenvalue weighted by Gasteiger charge is -2.35. The smallest absolute Gasteiger partial charge is 0.321 e. The van der Waals surface area contributed by atoms with Crippen LogP contribution in [-0.4, -0.2) is 47.1 Å². The summed E-state index contributed by atoms with van der Waals surface area (Å²) in [6, 6.07) is 16.7. The maximum atomic E-state index is 12.7. The molecule has 1 fully saturated rings. The van der Waals surface area contributed by atoms with Crippen molar-refractivity contribution in [3.8, 4) is 11.4 Å². The number of fused-ring (bicyclic) bond motifs is 1. The normalized spacial score (nSPS) is 14.0. The first kappa shape index (κ1) is 20.5. The topological polar surface area (TPSA) is 87.4 Å². The molecule has 0 radical (unpaired) electrons. The molecular formula is C23H21ClN6OS. The van der Waals surface area contributed by atoms with Crippen LogP contribution in [-0.2, 0) is 0 Å². The molecule has 1 saturated heterocycles. The summed E-state index contributed by atoms with van der Waals surface area (Å²) in [7, 11) is 0. The zero-order valence-electron chi connectivity index (χ0n) is 17.2. The second-order valence-electron chi connectivity index (χ2n) is 7.51. The molecule has 1 aliphatic rings.